The minimum absolute atomic E-state index is 0.0862. The molecule has 0 spiro atoms. The van der Waals surface area contributed by atoms with E-state index in [9.17, 15) is 19.2 Å². The maximum atomic E-state index is 13.1. The highest BCUT2D eigenvalue weighted by atomic mass is 32.1. The van der Waals surface area contributed by atoms with Crippen LogP contribution in [0.25, 0.3) is 10.2 Å². The van der Waals surface area contributed by atoms with Crippen molar-refractivity contribution in [3.05, 3.63) is 63.5 Å². The molecule has 10 nitrogen and oxygen atoms in total. The smallest absolute Gasteiger partial charge is 0.348 e. The lowest BCUT2D eigenvalue weighted by Gasteiger charge is -2.28. The van der Waals surface area contributed by atoms with Gasteiger partial charge in [0.15, 0.2) is 12.4 Å². The van der Waals surface area contributed by atoms with E-state index in [4.69, 9.17) is 14.2 Å². The number of carbonyl (C=O) groups excluding carboxylic acids is 3. The minimum atomic E-state index is -0.556. The number of carbonyl (C=O) groups is 3. The fourth-order valence-corrected chi connectivity index (χ4v) is 4.73. The third-order valence-electron chi connectivity index (χ3n) is 5.47. The summed E-state index contributed by atoms with van der Waals surface area (Å²) in [7, 11) is 1.50. The van der Waals surface area contributed by atoms with Gasteiger partial charge in [0.25, 0.3) is 11.5 Å². The molecular formula is C24H23N3O7S. The zero-order chi connectivity index (χ0) is 25.1. The fourth-order valence-electron chi connectivity index (χ4n) is 3.70. The number of aromatic nitrogens is 2. The van der Waals surface area contributed by atoms with Gasteiger partial charge in [-0.25, -0.2) is 9.78 Å². The van der Waals surface area contributed by atoms with Crippen LogP contribution in [0.4, 0.5) is 5.69 Å². The minimum Gasteiger partial charge on any atom is -0.482 e. The maximum Gasteiger partial charge on any atom is 0.348 e. The van der Waals surface area contributed by atoms with Gasteiger partial charge in [-0.3, -0.25) is 19.0 Å². The number of rotatable bonds is 9. The number of amides is 1. The summed E-state index contributed by atoms with van der Waals surface area (Å²) in [6.07, 6.45) is 2.88. The summed E-state index contributed by atoms with van der Waals surface area (Å²) in [6, 6.07) is 4.78. The van der Waals surface area contributed by atoms with Gasteiger partial charge in [0, 0.05) is 19.2 Å². The molecule has 1 aliphatic rings. The molecule has 0 bridgehead atoms. The number of hydrogen-bond donors (Lipinski definition) is 0. The van der Waals surface area contributed by atoms with E-state index in [1.54, 1.807) is 31.2 Å². The number of Topliss-reactive ketones (excluding diaryl/α,β-unsaturated/α-hetero) is 1. The van der Waals surface area contributed by atoms with E-state index < -0.39 is 11.5 Å². The first-order valence-electron chi connectivity index (χ1n) is 10.7. The standard InChI is InChI=1S/C24H23N3O7S/c1-4-7-27-16-10-15(5-6-18(16)34-12-19(27)29)17(28)11-26-13-25-22-20(23(26)30)14(2)21(35-22)24(31)33-9-8-32-3/h4-6,10,13H,1,7-9,11-12H2,2-3H3. The Kier molecular flexibility index (Phi) is 7.08. The van der Waals surface area contributed by atoms with Crippen LogP contribution in [0, 0.1) is 6.92 Å². The van der Waals surface area contributed by atoms with Gasteiger partial charge in [-0.15, -0.1) is 17.9 Å². The van der Waals surface area contributed by atoms with Crippen molar-refractivity contribution in [2.75, 3.05) is 38.4 Å². The normalized spacial score (nSPS) is 12.9. The number of aryl methyl sites for hydroxylation is 1. The Morgan fingerprint density at radius 2 is 2.09 bits per heavy atom. The molecule has 3 aromatic rings. The number of anilines is 1. The highest BCUT2D eigenvalue weighted by molar-refractivity contribution is 7.20. The number of nitrogens with zero attached hydrogens (tertiary/aromatic N) is 3. The van der Waals surface area contributed by atoms with Crippen LogP contribution >= 0.6 is 11.3 Å². The molecule has 0 saturated carbocycles. The first-order valence-corrected chi connectivity index (χ1v) is 11.5. The highest BCUT2D eigenvalue weighted by Gasteiger charge is 2.26. The summed E-state index contributed by atoms with van der Waals surface area (Å²) in [6.45, 7) is 5.60. The quantitative estimate of drug-likeness (QED) is 0.191. The van der Waals surface area contributed by atoms with E-state index in [1.807, 2.05) is 0 Å². The van der Waals surface area contributed by atoms with Crippen molar-refractivity contribution in [3.63, 3.8) is 0 Å². The number of fused-ring (bicyclic) bond motifs is 2. The average Bonchev–Trinajstić information content (AvgIpc) is 3.19. The second-order valence-corrected chi connectivity index (χ2v) is 8.73. The predicted molar refractivity (Wildman–Crippen MR) is 130 cm³/mol. The van der Waals surface area contributed by atoms with Gasteiger partial charge in [-0.1, -0.05) is 6.08 Å². The number of methoxy groups -OCH3 is 1. The molecule has 35 heavy (non-hydrogen) atoms. The van der Waals surface area contributed by atoms with Gasteiger partial charge >= 0.3 is 5.97 Å². The number of hydrogen-bond acceptors (Lipinski definition) is 9. The second-order valence-electron chi connectivity index (χ2n) is 7.73. The first-order chi connectivity index (χ1) is 16.8. The van der Waals surface area contributed by atoms with Crippen LogP contribution in [-0.4, -0.2) is 60.7 Å². The van der Waals surface area contributed by atoms with Gasteiger partial charge in [0.1, 0.15) is 22.1 Å². The van der Waals surface area contributed by atoms with Crippen LogP contribution in [-0.2, 0) is 20.8 Å². The van der Waals surface area contributed by atoms with Crippen LogP contribution in [0.15, 0.2) is 42.0 Å². The molecule has 2 aromatic heterocycles. The first kappa shape index (κ1) is 24.3. The number of esters is 1. The summed E-state index contributed by atoms with van der Waals surface area (Å²) >= 11 is 1.06. The lowest BCUT2D eigenvalue weighted by Crippen LogP contribution is -2.39. The zero-order valence-corrected chi connectivity index (χ0v) is 20.1. The molecule has 0 aliphatic carbocycles. The van der Waals surface area contributed by atoms with Crippen molar-refractivity contribution in [2.24, 2.45) is 0 Å². The van der Waals surface area contributed by atoms with Crippen molar-refractivity contribution in [2.45, 2.75) is 13.5 Å². The van der Waals surface area contributed by atoms with Gasteiger partial charge in [-0.2, -0.15) is 0 Å². The van der Waals surface area contributed by atoms with Crippen LogP contribution in [0.3, 0.4) is 0 Å². The van der Waals surface area contributed by atoms with E-state index in [-0.39, 0.29) is 54.9 Å². The average molecular weight is 498 g/mol. The van der Waals surface area contributed by atoms with Crippen LogP contribution in [0.5, 0.6) is 5.75 Å². The lowest BCUT2D eigenvalue weighted by atomic mass is 10.1. The largest absolute Gasteiger partial charge is 0.482 e. The molecule has 182 valence electrons. The topological polar surface area (TPSA) is 117 Å². The summed E-state index contributed by atoms with van der Waals surface area (Å²) in [5.41, 5.74) is 0.805. The van der Waals surface area contributed by atoms with Crippen molar-refractivity contribution in [1.29, 1.82) is 0 Å². The van der Waals surface area contributed by atoms with E-state index in [0.29, 0.717) is 27.4 Å². The molecule has 0 saturated heterocycles. The summed E-state index contributed by atoms with van der Waals surface area (Å²) in [4.78, 5) is 57.2. The van der Waals surface area contributed by atoms with Gasteiger partial charge < -0.3 is 19.1 Å². The van der Waals surface area contributed by atoms with E-state index in [2.05, 4.69) is 11.6 Å². The maximum absolute atomic E-state index is 13.1. The Morgan fingerprint density at radius 1 is 1.29 bits per heavy atom. The molecule has 1 amide bonds. The lowest BCUT2D eigenvalue weighted by molar-refractivity contribution is -0.121. The number of thiophene rings is 1. The molecule has 11 heteroatoms. The zero-order valence-electron chi connectivity index (χ0n) is 19.2. The molecule has 0 N–H and O–H groups in total. The van der Waals surface area contributed by atoms with Gasteiger partial charge in [0.2, 0.25) is 0 Å². The molecule has 0 radical (unpaired) electrons. The van der Waals surface area contributed by atoms with Crippen molar-refractivity contribution in [3.8, 4) is 5.75 Å². The number of ketones is 1. The SMILES string of the molecule is C=CCN1C(=O)COc2ccc(C(=O)Cn3cnc4sc(C(=O)OCCOC)c(C)c4c3=O)cc21. The third kappa shape index (κ3) is 4.73. The van der Waals surface area contributed by atoms with Crippen molar-refractivity contribution >= 4 is 44.9 Å². The number of benzene rings is 1. The summed E-state index contributed by atoms with van der Waals surface area (Å²) in [5, 5.41) is 0.269. The summed E-state index contributed by atoms with van der Waals surface area (Å²) < 4.78 is 16.7. The third-order valence-corrected chi connectivity index (χ3v) is 6.65. The van der Waals surface area contributed by atoms with Crippen molar-refractivity contribution in [1.82, 2.24) is 9.55 Å². The molecular weight excluding hydrogens is 474 g/mol. The number of ether oxygens (including phenoxy) is 3. The van der Waals surface area contributed by atoms with Crippen LogP contribution < -0.4 is 15.2 Å². The Labute approximate surface area is 204 Å². The predicted octanol–water partition coefficient (Wildman–Crippen LogP) is 2.36. The molecule has 1 aromatic carbocycles. The monoisotopic (exact) mass is 497 g/mol. The molecule has 0 fully saturated rings. The van der Waals surface area contributed by atoms with E-state index in [1.165, 1.54) is 22.9 Å². The van der Waals surface area contributed by atoms with Gasteiger partial charge in [0.05, 0.1) is 30.6 Å². The fraction of sp³-hybridized carbons (Fsp3) is 0.292. The van der Waals surface area contributed by atoms with Gasteiger partial charge in [-0.05, 0) is 30.7 Å². The van der Waals surface area contributed by atoms with E-state index in [0.717, 1.165) is 11.3 Å². The molecule has 1 aliphatic heterocycles. The Morgan fingerprint density at radius 3 is 2.83 bits per heavy atom. The Balaban J connectivity index is 1.61. The Hall–Kier alpha value is -3.83. The molecule has 0 unspecified atom stereocenters. The highest BCUT2D eigenvalue weighted by Crippen LogP contribution is 2.33. The van der Waals surface area contributed by atoms with Crippen molar-refractivity contribution < 1.29 is 28.6 Å². The summed E-state index contributed by atoms with van der Waals surface area (Å²) in [5.74, 6) is -0.654. The molecule has 3 heterocycles. The second kappa shape index (κ2) is 10.2. The molecule has 4 rings (SSSR count). The van der Waals surface area contributed by atoms with Crippen LogP contribution in [0.1, 0.15) is 25.6 Å². The Bertz CT molecular complexity index is 1390. The van der Waals surface area contributed by atoms with E-state index >= 15 is 0 Å². The molecule has 0 atom stereocenters. The van der Waals surface area contributed by atoms with Crippen LogP contribution in [0.2, 0.25) is 0 Å².